The standard InChI is InChI=1S/C64H56S/c1-4-36-64(37-5-2)58-39-44(41(3)57(38-42-18-7-6-8-19-42)55-28-17-27-54-50-24-15-16-29-60(50)65-63(54)55)31-35-56(58)62-51-25-13-11-21-46(51)45(40-59(62)64)32-33-49-48-23-12-14-26-52(48)61-47-22-10-9-20-43(47)30-34-53(49)61/h6-31,34-35,39-41,49,57H,4-5,32-33,36-38H2,1-3H3/t41-,49?,57?/m0/s1. The Hall–Kier alpha value is -6.28. The molecule has 1 heteroatoms. The van der Waals surface area contributed by atoms with Crippen molar-refractivity contribution in [1.82, 2.24) is 0 Å². The summed E-state index contributed by atoms with van der Waals surface area (Å²) in [5, 5.41) is 8.31. The molecule has 0 nitrogen and oxygen atoms in total. The smallest absolute Gasteiger partial charge is 0.0390 e. The van der Waals surface area contributed by atoms with Crippen LogP contribution < -0.4 is 0 Å². The normalized spacial score (nSPS) is 15.6. The lowest BCUT2D eigenvalue weighted by atomic mass is 9.70. The van der Waals surface area contributed by atoms with Crippen LogP contribution in [-0.4, -0.2) is 0 Å². The Balaban J connectivity index is 0.971. The van der Waals surface area contributed by atoms with E-state index in [-0.39, 0.29) is 5.41 Å². The first kappa shape index (κ1) is 40.2. The first-order valence-electron chi connectivity index (χ1n) is 24.3. The molecule has 0 saturated carbocycles. The molecule has 2 unspecified atom stereocenters. The Kier molecular flexibility index (Phi) is 10.1. The molecule has 0 spiro atoms. The van der Waals surface area contributed by atoms with E-state index in [0.29, 0.717) is 17.8 Å². The molecule has 2 aliphatic rings. The fourth-order valence-electron chi connectivity index (χ4n) is 12.8. The summed E-state index contributed by atoms with van der Waals surface area (Å²) >= 11 is 1.97. The zero-order chi connectivity index (χ0) is 43.6. The van der Waals surface area contributed by atoms with Crippen molar-refractivity contribution in [2.45, 2.75) is 88.9 Å². The van der Waals surface area contributed by atoms with Crippen LogP contribution in [0.25, 0.3) is 64.0 Å². The highest BCUT2D eigenvalue weighted by molar-refractivity contribution is 7.26. The van der Waals surface area contributed by atoms with E-state index in [1.165, 1.54) is 97.4 Å². The highest BCUT2D eigenvalue weighted by Gasteiger charge is 2.44. The van der Waals surface area contributed by atoms with Gasteiger partial charge in [-0.2, -0.15) is 0 Å². The summed E-state index contributed by atoms with van der Waals surface area (Å²) in [4.78, 5) is 0. The van der Waals surface area contributed by atoms with Crippen LogP contribution in [0.3, 0.4) is 0 Å². The highest BCUT2D eigenvalue weighted by Crippen LogP contribution is 2.58. The van der Waals surface area contributed by atoms with Crippen molar-refractivity contribution in [3.05, 3.63) is 226 Å². The molecule has 3 atom stereocenters. The van der Waals surface area contributed by atoms with Crippen LogP contribution in [0.15, 0.2) is 182 Å². The second kappa shape index (κ2) is 16.3. The molecule has 12 rings (SSSR count). The first-order valence-corrected chi connectivity index (χ1v) is 25.1. The zero-order valence-electron chi connectivity index (χ0n) is 37.9. The van der Waals surface area contributed by atoms with E-state index in [0.717, 1.165) is 44.9 Å². The molecule has 0 aliphatic heterocycles. The Morgan fingerprint density at radius 3 is 2.08 bits per heavy atom. The van der Waals surface area contributed by atoms with E-state index in [9.17, 15) is 0 Å². The van der Waals surface area contributed by atoms with E-state index in [2.05, 4.69) is 203 Å². The first-order chi connectivity index (χ1) is 32.1. The maximum atomic E-state index is 2.70. The molecule has 0 saturated heterocycles. The lowest BCUT2D eigenvalue weighted by Gasteiger charge is -2.33. The van der Waals surface area contributed by atoms with Crippen molar-refractivity contribution in [3.8, 4) is 22.3 Å². The maximum Gasteiger partial charge on any atom is 0.0390 e. The average molecular weight is 857 g/mol. The van der Waals surface area contributed by atoms with E-state index in [1.807, 2.05) is 11.3 Å². The Bertz CT molecular complexity index is 3410. The van der Waals surface area contributed by atoms with Gasteiger partial charge in [-0.25, -0.2) is 0 Å². The lowest BCUT2D eigenvalue weighted by Crippen LogP contribution is -2.25. The molecule has 9 aromatic carbocycles. The van der Waals surface area contributed by atoms with E-state index in [1.54, 1.807) is 11.1 Å². The Labute approximate surface area is 388 Å². The molecular formula is C64H56S. The highest BCUT2D eigenvalue weighted by atomic mass is 32.1. The van der Waals surface area contributed by atoms with Gasteiger partial charge in [0.2, 0.25) is 0 Å². The quantitative estimate of drug-likeness (QED) is 0.115. The van der Waals surface area contributed by atoms with Gasteiger partial charge in [-0.1, -0.05) is 210 Å². The van der Waals surface area contributed by atoms with Crippen LogP contribution in [-0.2, 0) is 18.3 Å². The fraction of sp³-hybridized carbons (Fsp3) is 0.219. The number of hydrogen-bond donors (Lipinski definition) is 0. The second-order valence-electron chi connectivity index (χ2n) is 19.2. The van der Waals surface area contributed by atoms with E-state index >= 15 is 0 Å². The number of benzene rings is 9. The van der Waals surface area contributed by atoms with Gasteiger partial charge in [0.25, 0.3) is 0 Å². The topological polar surface area (TPSA) is 0 Å². The van der Waals surface area contributed by atoms with Gasteiger partial charge < -0.3 is 0 Å². The van der Waals surface area contributed by atoms with Gasteiger partial charge in [-0.15, -0.1) is 11.3 Å². The Morgan fingerprint density at radius 2 is 1.25 bits per heavy atom. The third-order valence-corrected chi connectivity index (χ3v) is 17.0. The predicted octanol–water partition coefficient (Wildman–Crippen LogP) is 18.1. The molecular weight excluding hydrogens is 801 g/mol. The van der Waals surface area contributed by atoms with Crippen LogP contribution in [0.5, 0.6) is 0 Å². The minimum Gasteiger partial charge on any atom is -0.135 e. The summed E-state index contributed by atoms with van der Waals surface area (Å²) < 4.78 is 2.82. The molecule has 0 radical (unpaired) electrons. The van der Waals surface area contributed by atoms with Crippen LogP contribution in [0, 0.1) is 0 Å². The summed E-state index contributed by atoms with van der Waals surface area (Å²) in [6.07, 6.45) is 7.73. The molecule has 65 heavy (non-hydrogen) atoms. The van der Waals surface area contributed by atoms with E-state index in [4.69, 9.17) is 0 Å². The molecule has 2 aliphatic carbocycles. The monoisotopic (exact) mass is 856 g/mol. The van der Waals surface area contributed by atoms with Crippen LogP contribution in [0.1, 0.15) is 115 Å². The lowest BCUT2D eigenvalue weighted by molar-refractivity contribution is 0.434. The number of aryl methyl sites for hydroxylation is 1. The third kappa shape index (κ3) is 6.45. The van der Waals surface area contributed by atoms with Crippen LogP contribution >= 0.6 is 11.3 Å². The number of hydrogen-bond acceptors (Lipinski definition) is 1. The van der Waals surface area contributed by atoms with Gasteiger partial charge in [-0.3, -0.25) is 0 Å². The molecule has 0 bridgehead atoms. The van der Waals surface area contributed by atoms with Gasteiger partial charge in [0.15, 0.2) is 0 Å². The summed E-state index contributed by atoms with van der Waals surface area (Å²) in [6.45, 7) is 7.33. The largest absolute Gasteiger partial charge is 0.135 e. The number of rotatable bonds is 12. The third-order valence-electron chi connectivity index (χ3n) is 15.7. The summed E-state index contributed by atoms with van der Waals surface area (Å²) in [5.41, 5.74) is 17.7. The van der Waals surface area contributed by atoms with Crippen LogP contribution in [0.2, 0.25) is 0 Å². The molecule has 0 amide bonds. The van der Waals surface area contributed by atoms with Gasteiger partial charge in [-0.05, 0) is 138 Å². The SMILES string of the molecule is CCCC1(CCC)c2cc([C@H](C)C(Cc3ccccc3)c3cccc4c3sc3ccccc34)ccc2-c2c1cc(CCC1c3ccccc3-c3c1ccc1ccccc31)c1ccccc21. The van der Waals surface area contributed by atoms with Crippen molar-refractivity contribution >= 4 is 53.1 Å². The van der Waals surface area contributed by atoms with Crippen molar-refractivity contribution in [2.24, 2.45) is 0 Å². The predicted molar refractivity (Wildman–Crippen MR) is 280 cm³/mol. The van der Waals surface area contributed by atoms with Crippen molar-refractivity contribution in [2.75, 3.05) is 0 Å². The van der Waals surface area contributed by atoms with E-state index < -0.39 is 0 Å². The minimum atomic E-state index is -0.0332. The molecule has 10 aromatic rings. The van der Waals surface area contributed by atoms with Crippen molar-refractivity contribution in [1.29, 1.82) is 0 Å². The van der Waals surface area contributed by atoms with Crippen molar-refractivity contribution in [3.63, 3.8) is 0 Å². The Morgan fingerprint density at radius 1 is 0.538 bits per heavy atom. The average Bonchev–Trinajstić information content (AvgIpc) is 3.99. The van der Waals surface area contributed by atoms with Gasteiger partial charge in [0.1, 0.15) is 0 Å². The van der Waals surface area contributed by atoms with Crippen LogP contribution in [0.4, 0.5) is 0 Å². The molecule has 318 valence electrons. The zero-order valence-corrected chi connectivity index (χ0v) is 38.7. The summed E-state index contributed by atoms with van der Waals surface area (Å²) in [6, 6.07) is 70.0. The molecule has 1 aromatic heterocycles. The summed E-state index contributed by atoms with van der Waals surface area (Å²) in [5.74, 6) is 0.999. The molecule has 1 heterocycles. The van der Waals surface area contributed by atoms with Gasteiger partial charge >= 0.3 is 0 Å². The second-order valence-corrected chi connectivity index (χ2v) is 20.3. The number of fused-ring (bicyclic) bond motifs is 13. The summed E-state index contributed by atoms with van der Waals surface area (Å²) in [7, 11) is 0. The fourth-order valence-corrected chi connectivity index (χ4v) is 14.1. The minimum absolute atomic E-state index is 0.0332. The van der Waals surface area contributed by atoms with Crippen molar-refractivity contribution < 1.29 is 0 Å². The maximum absolute atomic E-state index is 2.70. The molecule has 0 N–H and O–H groups in total. The number of thiophene rings is 1. The van der Waals surface area contributed by atoms with Gasteiger partial charge in [0.05, 0.1) is 0 Å². The van der Waals surface area contributed by atoms with Gasteiger partial charge in [0, 0.05) is 31.5 Å². The molecule has 0 fully saturated rings.